The van der Waals surface area contributed by atoms with Gasteiger partial charge in [0.15, 0.2) is 0 Å². The van der Waals surface area contributed by atoms with Gasteiger partial charge in [-0.15, -0.1) is 12.4 Å². The zero-order valence-electron chi connectivity index (χ0n) is 10.3. The number of nitrogens with two attached hydrogens (primary N) is 1. The van der Waals surface area contributed by atoms with Gasteiger partial charge in [0.25, 0.3) is 0 Å². The van der Waals surface area contributed by atoms with Crippen LogP contribution < -0.4 is 5.73 Å². The van der Waals surface area contributed by atoms with Crippen molar-refractivity contribution in [3.05, 3.63) is 34.4 Å². The first-order valence-electron chi connectivity index (χ1n) is 5.50. The third-order valence-corrected chi connectivity index (χ3v) is 2.78. The Bertz CT molecular complexity index is 316. The molecule has 0 unspecified atom stereocenters. The van der Waals surface area contributed by atoms with Gasteiger partial charge in [0.2, 0.25) is 0 Å². The number of aryl methyl sites for hydroxylation is 3. The van der Waals surface area contributed by atoms with Crippen molar-refractivity contribution >= 4 is 12.4 Å². The molecule has 0 aliphatic carbocycles. The van der Waals surface area contributed by atoms with Crippen LogP contribution in [0.5, 0.6) is 0 Å². The van der Waals surface area contributed by atoms with Crippen LogP contribution in [-0.4, -0.2) is 11.7 Å². The van der Waals surface area contributed by atoms with Gasteiger partial charge in [-0.2, -0.15) is 0 Å². The van der Waals surface area contributed by atoms with Crippen molar-refractivity contribution in [2.24, 2.45) is 5.73 Å². The summed E-state index contributed by atoms with van der Waals surface area (Å²) in [6, 6.07) is 4.39. The second kappa shape index (κ2) is 6.89. The maximum Gasteiger partial charge on any atom is 0.0431 e. The Hall–Kier alpha value is -0.570. The number of aliphatic hydroxyl groups is 1. The number of benzene rings is 1. The molecule has 3 heteroatoms. The molecule has 0 amide bonds. The summed E-state index contributed by atoms with van der Waals surface area (Å²) in [5.41, 5.74) is 11.2. The summed E-state index contributed by atoms with van der Waals surface area (Å²) in [4.78, 5) is 0. The molecule has 1 aromatic rings. The SMILES string of the molecule is Cc1cc(C)c([C@@H](N)CCCO)c(C)c1.Cl. The average molecular weight is 244 g/mol. The second-order valence-electron chi connectivity index (χ2n) is 4.28. The number of hydrogen-bond donors (Lipinski definition) is 2. The van der Waals surface area contributed by atoms with E-state index in [1.54, 1.807) is 0 Å². The van der Waals surface area contributed by atoms with Gasteiger partial charge in [0.1, 0.15) is 0 Å². The maximum absolute atomic E-state index is 8.79. The molecular formula is C13H22ClNO. The lowest BCUT2D eigenvalue weighted by molar-refractivity contribution is 0.280. The molecule has 0 aliphatic rings. The van der Waals surface area contributed by atoms with E-state index < -0.39 is 0 Å². The molecule has 0 aromatic heterocycles. The van der Waals surface area contributed by atoms with Gasteiger partial charge < -0.3 is 10.8 Å². The molecule has 0 saturated heterocycles. The largest absolute Gasteiger partial charge is 0.396 e. The van der Waals surface area contributed by atoms with Crippen molar-refractivity contribution in [2.45, 2.75) is 39.7 Å². The standard InChI is InChI=1S/C13H21NO.ClH/c1-9-7-10(2)13(11(3)8-9)12(14)5-4-6-15;/h7-8,12,15H,4-6,14H2,1-3H3;1H/t12-;/m0./s1. The molecule has 16 heavy (non-hydrogen) atoms. The van der Waals surface area contributed by atoms with E-state index in [0.717, 1.165) is 12.8 Å². The lowest BCUT2D eigenvalue weighted by atomic mass is 9.92. The van der Waals surface area contributed by atoms with E-state index >= 15 is 0 Å². The highest BCUT2D eigenvalue weighted by atomic mass is 35.5. The molecule has 1 rings (SSSR count). The summed E-state index contributed by atoms with van der Waals surface area (Å²) in [6.07, 6.45) is 1.62. The van der Waals surface area contributed by atoms with Gasteiger partial charge in [-0.1, -0.05) is 17.7 Å². The highest BCUT2D eigenvalue weighted by molar-refractivity contribution is 5.85. The van der Waals surface area contributed by atoms with E-state index in [1.165, 1.54) is 22.3 Å². The quantitative estimate of drug-likeness (QED) is 0.854. The Kier molecular flexibility index (Phi) is 6.65. The lowest BCUT2D eigenvalue weighted by Crippen LogP contribution is -2.14. The van der Waals surface area contributed by atoms with E-state index in [2.05, 4.69) is 32.9 Å². The first-order chi connectivity index (χ1) is 7.06. The topological polar surface area (TPSA) is 46.2 Å². The van der Waals surface area contributed by atoms with Crippen molar-refractivity contribution < 1.29 is 5.11 Å². The third-order valence-electron chi connectivity index (χ3n) is 2.78. The van der Waals surface area contributed by atoms with Crippen LogP contribution in [0.1, 0.15) is 41.1 Å². The molecule has 0 radical (unpaired) electrons. The molecular weight excluding hydrogens is 222 g/mol. The summed E-state index contributed by atoms with van der Waals surface area (Å²) >= 11 is 0. The van der Waals surface area contributed by atoms with E-state index in [4.69, 9.17) is 10.8 Å². The Labute approximate surface area is 104 Å². The molecule has 0 aliphatic heterocycles. The van der Waals surface area contributed by atoms with Crippen molar-refractivity contribution in [3.63, 3.8) is 0 Å². The predicted octanol–water partition coefficient (Wildman–Crippen LogP) is 2.81. The van der Waals surface area contributed by atoms with Crippen LogP contribution in [-0.2, 0) is 0 Å². The van der Waals surface area contributed by atoms with Gasteiger partial charge in [-0.25, -0.2) is 0 Å². The molecule has 2 nitrogen and oxygen atoms in total. The summed E-state index contributed by atoms with van der Waals surface area (Å²) < 4.78 is 0. The normalized spacial score (nSPS) is 12.1. The predicted molar refractivity (Wildman–Crippen MR) is 71.1 cm³/mol. The number of aliphatic hydroxyl groups excluding tert-OH is 1. The van der Waals surface area contributed by atoms with Crippen LogP contribution in [0.3, 0.4) is 0 Å². The van der Waals surface area contributed by atoms with Gasteiger partial charge in [0.05, 0.1) is 0 Å². The number of rotatable bonds is 4. The minimum atomic E-state index is 0. The van der Waals surface area contributed by atoms with E-state index in [-0.39, 0.29) is 25.1 Å². The minimum Gasteiger partial charge on any atom is -0.396 e. The lowest BCUT2D eigenvalue weighted by Gasteiger charge is -2.18. The number of halogens is 1. The first kappa shape index (κ1) is 15.4. The van der Waals surface area contributed by atoms with E-state index in [0.29, 0.717) is 0 Å². The molecule has 0 bridgehead atoms. The van der Waals surface area contributed by atoms with Crippen LogP contribution in [0, 0.1) is 20.8 Å². The van der Waals surface area contributed by atoms with E-state index in [1.807, 2.05) is 0 Å². The van der Waals surface area contributed by atoms with Crippen molar-refractivity contribution in [3.8, 4) is 0 Å². The molecule has 1 aromatic carbocycles. The van der Waals surface area contributed by atoms with Crippen LogP contribution in [0.4, 0.5) is 0 Å². The molecule has 92 valence electrons. The number of hydrogen-bond acceptors (Lipinski definition) is 2. The Balaban J connectivity index is 0.00000225. The monoisotopic (exact) mass is 243 g/mol. The summed E-state index contributed by atoms with van der Waals surface area (Å²) in [6.45, 7) is 6.53. The molecule has 0 saturated carbocycles. The summed E-state index contributed by atoms with van der Waals surface area (Å²) in [5.74, 6) is 0. The molecule has 3 N–H and O–H groups in total. The van der Waals surface area contributed by atoms with Crippen LogP contribution in [0.25, 0.3) is 0 Å². The highest BCUT2D eigenvalue weighted by Gasteiger charge is 2.11. The fourth-order valence-electron chi connectivity index (χ4n) is 2.23. The van der Waals surface area contributed by atoms with Gasteiger partial charge in [-0.05, 0) is 50.3 Å². The zero-order valence-corrected chi connectivity index (χ0v) is 11.1. The van der Waals surface area contributed by atoms with Gasteiger partial charge in [-0.3, -0.25) is 0 Å². The highest BCUT2D eigenvalue weighted by Crippen LogP contribution is 2.24. The Morgan fingerprint density at radius 2 is 1.69 bits per heavy atom. The van der Waals surface area contributed by atoms with Crippen molar-refractivity contribution in [1.82, 2.24) is 0 Å². The average Bonchev–Trinajstić information content (AvgIpc) is 2.12. The second-order valence-corrected chi connectivity index (χ2v) is 4.28. The smallest absolute Gasteiger partial charge is 0.0431 e. The van der Waals surface area contributed by atoms with E-state index in [9.17, 15) is 0 Å². The zero-order chi connectivity index (χ0) is 11.4. The summed E-state index contributed by atoms with van der Waals surface area (Å²) in [5, 5.41) is 8.79. The minimum absolute atomic E-state index is 0. The fraction of sp³-hybridized carbons (Fsp3) is 0.538. The molecule has 0 fully saturated rings. The third kappa shape index (κ3) is 3.78. The summed E-state index contributed by atoms with van der Waals surface area (Å²) in [7, 11) is 0. The Morgan fingerprint density at radius 1 is 1.19 bits per heavy atom. The Morgan fingerprint density at radius 3 is 2.12 bits per heavy atom. The van der Waals surface area contributed by atoms with Crippen LogP contribution in [0.15, 0.2) is 12.1 Å². The molecule has 0 heterocycles. The maximum atomic E-state index is 8.79. The van der Waals surface area contributed by atoms with Crippen molar-refractivity contribution in [1.29, 1.82) is 0 Å². The van der Waals surface area contributed by atoms with Crippen LogP contribution in [0.2, 0.25) is 0 Å². The van der Waals surface area contributed by atoms with Gasteiger partial charge in [0, 0.05) is 12.6 Å². The first-order valence-corrected chi connectivity index (χ1v) is 5.50. The molecule has 0 spiro atoms. The van der Waals surface area contributed by atoms with Crippen molar-refractivity contribution in [2.75, 3.05) is 6.61 Å². The van der Waals surface area contributed by atoms with Crippen LogP contribution >= 0.6 is 12.4 Å². The van der Waals surface area contributed by atoms with Gasteiger partial charge >= 0.3 is 0 Å². The fourth-order valence-corrected chi connectivity index (χ4v) is 2.23. The molecule has 1 atom stereocenters.